The Balaban J connectivity index is 1.32. The Hall–Kier alpha value is -1.55. The fourth-order valence-corrected chi connectivity index (χ4v) is 6.72. The maximum absolute atomic E-state index is 12.3. The molecule has 1 spiro atoms. The summed E-state index contributed by atoms with van der Waals surface area (Å²) in [6.45, 7) is 2.47. The second-order valence-corrected chi connectivity index (χ2v) is 9.75. The van der Waals surface area contributed by atoms with Crippen molar-refractivity contribution in [2.45, 2.75) is 62.4 Å². The summed E-state index contributed by atoms with van der Waals surface area (Å²) in [4.78, 5) is 16.8. The Bertz CT molecular complexity index is 722. The van der Waals surface area contributed by atoms with Crippen LogP contribution in [0.25, 0.3) is 0 Å². The monoisotopic (exact) mass is 367 g/mol. The Labute approximate surface area is 163 Å². The van der Waals surface area contributed by atoms with Crippen LogP contribution in [0, 0.1) is 11.8 Å². The van der Waals surface area contributed by atoms with Crippen LogP contribution in [0.15, 0.2) is 24.3 Å². The van der Waals surface area contributed by atoms with Gasteiger partial charge < -0.3 is 15.1 Å². The van der Waals surface area contributed by atoms with Gasteiger partial charge in [-0.3, -0.25) is 0 Å². The fourth-order valence-electron chi connectivity index (χ4n) is 6.72. The van der Waals surface area contributed by atoms with E-state index in [0.29, 0.717) is 0 Å². The highest BCUT2D eigenvalue weighted by molar-refractivity contribution is 5.74. The van der Waals surface area contributed by atoms with Gasteiger partial charge in [0.25, 0.3) is 0 Å². The predicted octanol–water partition coefficient (Wildman–Crippen LogP) is 3.92. The van der Waals surface area contributed by atoms with Crippen LogP contribution in [-0.4, -0.2) is 49.1 Å². The van der Waals surface area contributed by atoms with Crippen molar-refractivity contribution in [3.05, 3.63) is 35.4 Å². The van der Waals surface area contributed by atoms with E-state index >= 15 is 0 Å². The van der Waals surface area contributed by atoms with E-state index in [-0.39, 0.29) is 17.5 Å². The molecule has 4 aliphatic rings. The molecule has 4 heteroatoms. The van der Waals surface area contributed by atoms with Crippen LogP contribution < -0.4 is 5.32 Å². The zero-order valence-electron chi connectivity index (χ0n) is 16.8. The molecule has 0 unspecified atom stereocenters. The Morgan fingerprint density at radius 2 is 1.93 bits per heavy atom. The number of fused-ring (bicyclic) bond motifs is 4. The van der Waals surface area contributed by atoms with E-state index in [4.69, 9.17) is 0 Å². The molecular weight excluding hydrogens is 334 g/mol. The first-order valence-corrected chi connectivity index (χ1v) is 10.9. The molecule has 1 aromatic rings. The van der Waals surface area contributed by atoms with Crippen molar-refractivity contribution in [2.24, 2.45) is 11.8 Å². The van der Waals surface area contributed by atoms with E-state index in [1.165, 1.54) is 62.7 Å². The third kappa shape index (κ3) is 2.88. The normalized spacial score (nSPS) is 34.0. The van der Waals surface area contributed by atoms with Crippen molar-refractivity contribution in [1.29, 1.82) is 0 Å². The molecule has 1 N–H and O–H groups in total. The first-order valence-electron chi connectivity index (χ1n) is 10.9. The van der Waals surface area contributed by atoms with E-state index in [1.54, 1.807) is 4.90 Å². The number of nitrogens with zero attached hydrogens (tertiary/aromatic N) is 2. The highest BCUT2D eigenvalue weighted by Crippen LogP contribution is 2.53. The average Bonchev–Trinajstić information content (AvgIpc) is 3.38. The number of carbonyl (C=O) groups excluding carboxylic acids is 1. The van der Waals surface area contributed by atoms with Crippen LogP contribution in [-0.2, 0) is 5.41 Å². The maximum atomic E-state index is 12.3. The number of benzene rings is 1. The van der Waals surface area contributed by atoms with Gasteiger partial charge in [0.05, 0.1) is 6.04 Å². The SMILES string of the molecule is CN(C)C(=O)N[C@H]1CC2(CCN([C@@H]3C[C@@H]4CC[C@@H]3C4)CC2)c2ccccc21. The van der Waals surface area contributed by atoms with Crippen molar-refractivity contribution in [1.82, 2.24) is 15.1 Å². The summed E-state index contributed by atoms with van der Waals surface area (Å²) in [6.07, 6.45) is 9.45. The van der Waals surface area contributed by atoms with Gasteiger partial charge in [-0.2, -0.15) is 0 Å². The summed E-state index contributed by atoms with van der Waals surface area (Å²) in [6, 6.07) is 9.89. The number of piperidine rings is 1. The first-order chi connectivity index (χ1) is 13.1. The van der Waals surface area contributed by atoms with E-state index in [2.05, 4.69) is 34.5 Å². The molecule has 1 aromatic carbocycles. The minimum Gasteiger partial charge on any atom is -0.331 e. The molecule has 1 heterocycles. The molecule has 27 heavy (non-hydrogen) atoms. The van der Waals surface area contributed by atoms with Gasteiger partial charge in [0.15, 0.2) is 0 Å². The summed E-state index contributed by atoms with van der Waals surface area (Å²) in [7, 11) is 3.64. The largest absolute Gasteiger partial charge is 0.331 e. The minimum atomic E-state index is 0.0197. The number of nitrogens with one attached hydrogen (secondary N) is 1. The molecular formula is C23H33N3O. The van der Waals surface area contributed by atoms with E-state index in [9.17, 15) is 4.79 Å². The van der Waals surface area contributed by atoms with Gasteiger partial charge >= 0.3 is 6.03 Å². The second kappa shape index (κ2) is 6.51. The molecule has 1 aliphatic heterocycles. The molecule has 2 saturated carbocycles. The predicted molar refractivity (Wildman–Crippen MR) is 108 cm³/mol. The molecule has 2 amide bonds. The molecule has 3 fully saturated rings. The molecule has 2 bridgehead atoms. The summed E-state index contributed by atoms with van der Waals surface area (Å²) in [5.74, 6) is 2.00. The third-order valence-corrected chi connectivity index (χ3v) is 8.13. The molecule has 3 aliphatic carbocycles. The number of likely N-dealkylation sites (tertiary alicyclic amines) is 1. The first kappa shape index (κ1) is 17.5. The molecule has 1 saturated heterocycles. The Morgan fingerprint density at radius 1 is 1.15 bits per heavy atom. The molecule has 4 nitrogen and oxygen atoms in total. The Kier molecular flexibility index (Phi) is 4.23. The quantitative estimate of drug-likeness (QED) is 0.860. The van der Waals surface area contributed by atoms with Gasteiger partial charge in [0.2, 0.25) is 0 Å². The van der Waals surface area contributed by atoms with E-state index in [1.807, 2.05) is 14.1 Å². The van der Waals surface area contributed by atoms with Crippen molar-refractivity contribution in [3.63, 3.8) is 0 Å². The van der Waals surface area contributed by atoms with E-state index in [0.717, 1.165) is 24.3 Å². The number of hydrogen-bond donors (Lipinski definition) is 1. The number of amides is 2. The second-order valence-electron chi connectivity index (χ2n) is 9.75. The summed E-state index contributed by atoms with van der Waals surface area (Å²) >= 11 is 0. The van der Waals surface area contributed by atoms with Crippen molar-refractivity contribution in [2.75, 3.05) is 27.2 Å². The van der Waals surface area contributed by atoms with Gasteiger partial charge in [0, 0.05) is 25.6 Å². The molecule has 5 rings (SSSR count). The van der Waals surface area contributed by atoms with Crippen LogP contribution in [0.5, 0.6) is 0 Å². The lowest BCUT2D eigenvalue weighted by molar-refractivity contribution is 0.0812. The number of hydrogen-bond acceptors (Lipinski definition) is 2. The highest BCUT2D eigenvalue weighted by atomic mass is 16.2. The van der Waals surface area contributed by atoms with Crippen molar-refractivity contribution < 1.29 is 4.79 Å². The van der Waals surface area contributed by atoms with Crippen molar-refractivity contribution in [3.8, 4) is 0 Å². The molecule has 0 radical (unpaired) electrons. The van der Waals surface area contributed by atoms with Crippen LogP contribution in [0.2, 0.25) is 0 Å². The number of carbonyl (C=O) groups is 1. The van der Waals surface area contributed by atoms with Crippen LogP contribution in [0.4, 0.5) is 4.79 Å². The molecule has 0 aromatic heterocycles. The average molecular weight is 368 g/mol. The minimum absolute atomic E-state index is 0.0197. The van der Waals surface area contributed by atoms with E-state index < -0.39 is 0 Å². The smallest absolute Gasteiger partial charge is 0.317 e. The van der Waals surface area contributed by atoms with Gasteiger partial charge in [-0.25, -0.2) is 4.79 Å². The van der Waals surface area contributed by atoms with Crippen molar-refractivity contribution >= 4 is 6.03 Å². The summed E-state index contributed by atoms with van der Waals surface area (Å²) in [5.41, 5.74) is 3.11. The zero-order valence-corrected chi connectivity index (χ0v) is 16.8. The topological polar surface area (TPSA) is 35.6 Å². The highest BCUT2D eigenvalue weighted by Gasteiger charge is 2.49. The lowest BCUT2D eigenvalue weighted by Gasteiger charge is -2.44. The lowest BCUT2D eigenvalue weighted by Crippen LogP contribution is -2.48. The zero-order chi connectivity index (χ0) is 18.6. The van der Waals surface area contributed by atoms with Crippen LogP contribution in [0.3, 0.4) is 0 Å². The van der Waals surface area contributed by atoms with Gasteiger partial charge in [-0.15, -0.1) is 0 Å². The maximum Gasteiger partial charge on any atom is 0.317 e. The van der Waals surface area contributed by atoms with Gasteiger partial charge in [-0.1, -0.05) is 30.7 Å². The Morgan fingerprint density at radius 3 is 2.59 bits per heavy atom. The van der Waals surface area contributed by atoms with Gasteiger partial charge in [-0.05, 0) is 74.6 Å². The fraction of sp³-hybridized carbons (Fsp3) is 0.696. The van der Waals surface area contributed by atoms with Crippen LogP contribution >= 0.6 is 0 Å². The van der Waals surface area contributed by atoms with Gasteiger partial charge in [0.1, 0.15) is 0 Å². The lowest BCUT2D eigenvalue weighted by atomic mass is 9.73. The molecule has 4 atom stereocenters. The van der Waals surface area contributed by atoms with Crippen LogP contribution in [0.1, 0.15) is 62.1 Å². The number of urea groups is 1. The third-order valence-electron chi connectivity index (χ3n) is 8.13. The summed E-state index contributed by atoms with van der Waals surface area (Å²) < 4.78 is 0. The summed E-state index contributed by atoms with van der Waals surface area (Å²) in [5, 5.41) is 3.27. The molecule has 146 valence electrons. The standard InChI is InChI=1S/C23H33N3O/c1-25(2)22(27)24-20-15-23(19-6-4-3-5-18(19)20)9-11-26(12-10-23)21-14-16-7-8-17(21)13-16/h3-6,16-17,20-21H,7-15H2,1-2H3,(H,24,27)/t16-,17-,20+,21-/m1/s1. The number of rotatable bonds is 2.